The van der Waals surface area contributed by atoms with Gasteiger partial charge in [-0.3, -0.25) is 14.8 Å². The fourth-order valence-corrected chi connectivity index (χ4v) is 3.84. The molecule has 0 unspecified atom stereocenters. The molecule has 0 aliphatic heterocycles. The van der Waals surface area contributed by atoms with Gasteiger partial charge in [0.05, 0.1) is 22.2 Å². The number of para-hydroxylation sites is 1. The number of pyridine rings is 1. The average molecular weight is 404 g/mol. The van der Waals surface area contributed by atoms with Crippen LogP contribution in [0.25, 0.3) is 38.9 Å². The molecule has 0 atom stereocenters. The van der Waals surface area contributed by atoms with Crippen LogP contribution in [0.2, 0.25) is 5.02 Å². The van der Waals surface area contributed by atoms with Crippen LogP contribution in [0.1, 0.15) is 5.69 Å². The van der Waals surface area contributed by atoms with E-state index in [0.29, 0.717) is 32.9 Å². The molecule has 0 amide bonds. The summed E-state index contributed by atoms with van der Waals surface area (Å²) in [6, 6.07) is 16.8. The second kappa shape index (κ2) is 6.42. The first kappa shape index (κ1) is 17.4. The zero-order valence-electron chi connectivity index (χ0n) is 15.2. The van der Waals surface area contributed by atoms with Gasteiger partial charge in [0.15, 0.2) is 5.65 Å². The van der Waals surface area contributed by atoms with Gasteiger partial charge in [-0.05, 0) is 25.1 Å². The minimum atomic E-state index is -0.623. The van der Waals surface area contributed by atoms with E-state index in [1.54, 1.807) is 10.7 Å². The van der Waals surface area contributed by atoms with E-state index < -0.39 is 11.2 Å². The number of fused-ring (bicyclic) bond motifs is 2. The van der Waals surface area contributed by atoms with E-state index in [9.17, 15) is 9.59 Å². The molecule has 3 heterocycles. The molecule has 0 bridgehead atoms. The van der Waals surface area contributed by atoms with Crippen LogP contribution in [0.3, 0.4) is 0 Å². The molecule has 0 fully saturated rings. The van der Waals surface area contributed by atoms with E-state index in [-0.39, 0.29) is 11.0 Å². The summed E-state index contributed by atoms with van der Waals surface area (Å²) < 4.78 is 1.70. The highest BCUT2D eigenvalue weighted by molar-refractivity contribution is 6.34. The summed E-state index contributed by atoms with van der Waals surface area (Å²) in [4.78, 5) is 34.2. The average Bonchev–Trinajstić information content (AvgIpc) is 3.04. The normalized spacial score (nSPS) is 11.4. The Bertz CT molecular complexity index is 1520. The van der Waals surface area contributed by atoms with Crippen LogP contribution in [-0.2, 0) is 0 Å². The van der Waals surface area contributed by atoms with Crippen molar-refractivity contribution in [2.24, 2.45) is 0 Å². The van der Waals surface area contributed by atoms with Crippen LogP contribution in [0.5, 0.6) is 0 Å². The molecule has 0 saturated carbocycles. The molecular formula is C21H14ClN5O2. The molecule has 29 heavy (non-hydrogen) atoms. The summed E-state index contributed by atoms with van der Waals surface area (Å²) in [6.07, 6.45) is 0. The van der Waals surface area contributed by atoms with Crippen molar-refractivity contribution in [3.8, 4) is 16.8 Å². The third-order valence-corrected chi connectivity index (χ3v) is 5.15. The second-order valence-corrected chi connectivity index (χ2v) is 7.04. The molecule has 0 radical (unpaired) electrons. The van der Waals surface area contributed by atoms with Crippen molar-refractivity contribution in [2.75, 3.05) is 0 Å². The van der Waals surface area contributed by atoms with Gasteiger partial charge in [-0.2, -0.15) is 5.10 Å². The van der Waals surface area contributed by atoms with E-state index in [1.807, 2.05) is 55.5 Å². The van der Waals surface area contributed by atoms with Crippen LogP contribution in [0.4, 0.5) is 0 Å². The number of rotatable bonds is 2. The first-order valence-corrected chi connectivity index (χ1v) is 9.28. The Labute approximate surface area is 168 Å². The molecule has 2 N–H and O–H groups in total. The van der Waals surface area contributed by atoms with Crippen LogP contribution >= 0.6 is 11.6 Å². The maximum absolute atomic E-state index is 12.8. The molecular weight excluding hydrogens is 390 g/mol. The van der Waals surface area contributed by atoms with Gasteiger partial charge in [-0.25, -0.2) is 14.5 Å². The monoisotopic (exact) mass is 403 g/mol. The lowest BCUT2D eigenvalue weighted by atomic mass is 9.99. The Morgan fingerprint density at radius 1 is 0.931 bits per heavy atom. The predicted molar refractivity (Wildman–Crippen MR) is 113 cm³/mol. The lowest BCUT2D eigenvalue weighted by molar-refractivity contribution is 0.878. The summed E-state index contributed by atoms with van der Waals surface area (Å²) in [7, 11) is 0. The van der Waals surface area contributed by atoms with E-state index in [4.69, 9.17) is 11.6 Å². The second-order valence-electron chi connectivity index (χ2n) is 6.63. The molecule has 3 aromatic heterocycles. The van der Waals surface area contributed by atoms with Gasteiger partial charge in [0.1, 0.15) is 5.65 Å². The van der Waals surface area contributed by atoms with Crippen molar-refractivity contribution in [3.63, 3.8) is 0 Å². The standard InChI is InChI=1S/C21H14ClN5O2/c1-11-15-16(13-9-5-6-10-14(13)22)17-18(24-21(29)25-20(17)28)23-19(15)27(26-11)12-7-3-2-4-8-12/h2-10H,1H3,(H2,23,24,25,28,29). The lowest BCUT2D eigenvalue weighted by Crippen LogP contribution is -2.23. The third-order valence-electron chi connectivity index (χ3n) is 4.82. The number of hydrogen-bond acceptors (Lipinski definition) is 4. The fraction of sp³-hybridized carbons (Fsp3) is 0.0476. The number of aryl methyl sites for hydroxylation is 1. The van der Waals surface area contributed by atoms with Gasteiger partial charge in [0.2, 0.25) is 0 Å². The van der Waals surface area contributed by atoms with E-state index in [2.05, 4.69) is 20.1 Å². The third kappa shape index (κ3) is 2.67. The van der Waals surface area contributed by atoms with Crippen LogP contribution in [0.15, 0.2) is 64.2 Å². The Hall–Kier alpha value is -3.71. The summed E-state index contributed by atoms with van der Waals surface area (Å²) in [6.45, 7) is 1.86. The van der Waals surface area contributed by atoms with Crippen molar-refractivity contribution >= 4 is 33.7 Å². The first-order valence-electron chi connectivity index (χ1n) is 8.90. The van der Waals surface area contributed by atoms with Crippen molar-refractivity contribution in [1.29, 1.82) is 0 Å². The highest BCUT2D eigenvalue weighted by Gasteiger charge is 2.22. The number of hydrogen-bond donors (Lipinski definition) is 2. The molecule has 7 nitrogen and oxygen atoms in total. The Balaban J connectivity index is 2.05. The van der Waals surface area contributed by atoms with Crippen LogP contribution < -0.4 is 11.2 Å². The van der Waals surface area contributed by atoms with Gasteiger partial charge in [0, 0.05) is 16.1 Å². The van der Waals surface area contributed by atoms with Crippen molar-refractivity contribution in [2.45, 2.75) is 6.92 Å². The summed E-state index contributed by atoms with van der Waals surface area (Å²) >= 11 is 6.49. The Morgan fingerprint density at radius 2 is 1.66 bits per heavy atom. The maximum Gasteiger partial charge on any atom is 0.327 e. The van der Waals surface area contributed by atoms with Gasteiger partial charge in [-0.15, -0.1) is 0 Å². The number of nitrogens with one attached hydrogen (secondary N) is 2. The molecule has 0 saturated heterocycles. The van der Waals surface area contributed by atoms with Crippen molar-refractivity contribution < 1.29 is 0 Å². The highest BCUT2D eigenvalue weighted by Crippen LogP contribution is 2.38. The Kier molecular flexibility index (Phi) is 3.85. The summed E-state index contributed by atoms with van der Waals surface area (Å²) in [5.41, 5.74) is 2.32. The molecule has 0 spiro atoms. The van der Waals surface area contributed by atoms with E-state index in [0.717, 1.165) is 5.69 Å². The number of halogens is 1. The van der Waals surface area contributed by atoms with Crippen LogP contribution in [0, 0.1) is 6.92 Å². The summed E-state index contributed by atoms with van der Waals surface area (Å²) in [5, 5.41) is 6.11. The molecule has 0 aliphatic carbocycles. The van der Waals surface area contributed by atoms with Gasteiger partial charge in [0.25, 0.3) is 5.56 Å². The zero-order valence-corrected chi connectivity index (χ0v) is 16.0. The largest absolute Gasteiger partial charge is 0.327 e. The number of nitrogens with zero attached hydrogens (tertiary/aromatic N) is 3. The minimum Gasteiger partial charge on any atom is -0.291 e. The minimum absolute atomic E-state index is 0.179. The van der Waals surface area contributed by atoms with Gasteiger partial charge < -0.3 is 0 Å². The predicted octanol–water partition coefficient (Wildman–Crippen LogP) is 3.58. The smallest absolute Gasteiger partial charge is 0.291 e. The molecule has 142 valence electrons. The zero-order chi connectivity index (χ0) is 20.1. The van der Waals surface area contributed by atoms with Crippen LogP contribution in [-0.4, -0.2) is 24.7 Å². The van der Waals surface area contributed by atoms with Crippen molar-refractivity contribution in [3.05, 3.63) is 86.2 Å². The van der Waals surface area contributed by atoms with E-state index in [1.165, 1.54) is 0 Å². The first-order chi connectivity index (χ1) is 14.0. The quantitative estimate of drug-likeness (QED) is 0.471. The SMILES string of the molecule is Cc1nn(-c2ccccc2)c2nc3[nH]c(=O)[nH]c(=O)c3c(-c3ccccc3Cl)c12. The van der Waals surface area contributed by atoms with Gasteiger partial charge in [-0.1, -0.05) is 48.0 Å². The maximum atomic E-state index is 12.8. The topological polar surface area (TPSA) is 96.4 Å². The molecule has 5 rings (SSSR count). The Morgan fingerprint density at radius 3 is 2.41 bits per heavy atom. The van der Waals surface area contributed by atoms with E-state index >= 15 is 0 Å². The number of aromatic nitrogens is 5. The fourth-order valence-electron chi connectivity index (χ4n) is 3.61. The number of aromatic amines is 2. The summed E-state index contributed by atoms with van der Waals surface area (Å²) in [5.74, 6) is 0. The van der Waals surface area contributed by atoms with Gasteiger partial charge >= 0.3 is 5.69 Å². The number of benzene rings is 2. The van der Waals surface area contributed by atoms with Crippen molar-refractivity contribution in [1.82, 2.24) is 24.7 Å². The molecule has 0 aliphatic rings. The highest BCUT2D eigenvalue weighted by atomic mass is 35.5. The molecule has 2 aromatic carbocycles. The number of H-pyrrole nitrogens is 2. The molecule has 8 heteroatoms. The lowest BCUT2D eigenvalue weighted by Gasteiger charge is -2.10. The molecule has 5 aromatic rings.